The third-order valence-electron chi connectivity index (χ3n) is 4.33. The van der Waals surface area contributed by atoms with Crippen LogP contribution < -0.4 is 10.6 Å². The molecule has 128 valence electrons. The van der Waals surface area contributed by atoms with Crippen molar-refractivity contribution in [1.82, 2.24) is 5.32 Å². The Morgan fingerprint density at radius 1 is 0.920 bits per heavy atom. The molecule has 2 N–H and O–H groups in total. The van der Waals surface area contributed by atoms with E-state index in [9.17, 15) is 14.4 Å². The lowest BCUT2D eigenvalue weighted by Crippen LogP contribution is -2.27. The molecule has 3 rings (SSSR count). The van der Waals surface area contributed by atoms with Crippen LogP contribution in [0, 0.1) is 11.8 Å². The van der Waals surface area contributed by atoms with E-state index in [1.165, 1.54) is 6.92 Å². The Morgan fingerprint density at radius 2 is 1.56 bits per heavy atom. The fourth-order valence-corrected chi connectivity index (χ4v) is 2.71. The molecule has 0 bridgehead atoms. The van der Waals surface area contributed by atoms with Crippen molar-refractivity contribution in [3.63, 3.8) is 0 Å². The normalized spacial score (nSPS) is 18.3. The Labute approximate surface area is 146 Å². The average molecular weight is 336 g/mol. The van der Waals surface area contributed by atoms with E-state index in [2.05, 4.69) is 10.6 Å². The van der Waals surface area contributed by atoms with Gasteiger partial charge in [0.05, 0.1) is 11.8 Å². The highest BCUT2D eigenvalue weighted by molar-refractivity contribution is 6.00. The van der Waals surface area contributed by atoms with Gasteiger partial charge in [0.15, 0.2) is 5.78 Å². The van der Waals surface area contributed by atoms with Gasteiger partial charge in [-0.25, -0.2) is 0 Å². The number of carbonyl (C=O) groups excluding carboxylic acids is 3. The Hall–Kier alpha value is -2.95. The largest absolute Gasteiger partial charge is 0.352 e. The zero-order valence-electron chi connectivity index (χ0n) is 14.0. The quantitative estimate of drug-likeness (QED) is 0.797. The predicted molar refractivity (Wildman–Crippen MR) is 95.0 cm³/mol. The topological polar surface area (TPSA) is 75.3 Å². The lowest BCUT2D eigenvalue weighted by Gasteiger charge is -2.07. The fraction of sp³-hybridized carbons (Fsp3) is 0.250. The maximum absolute atomic E-state index is 12.2. The van der Waals surface area contributed by atoms with Crippen LogP contribution >= 0.6 is 0 Å². The summed E-state index contributed by atoms with van der Waals surface area (Å²) in [6.07, 6.45) is 0.567. The monoisotopic (exact) mass is 336 g/mol. The van der Waals surface area contributed by atoms with E-state index in [0.717, 1.165) is 5.56 Å². The molecular weight excluding hydrogens is 316 g/mol. The Morgan fingerprint density at radius 3 is 2.20 bits per heavy atom. The third kappa shape index (κ3) is 4.32. The summed E-state index contributed by atoms with van der Waals surface area (Å²) in [6.45, 7) is 1.97. The summed E-state index contributed by atoms with van der Waals surface area (Å²) < 4.78 is 0. The number of ketones is 1. The minimum Gasteiger partial charge on any atom is -0.352 e. The van der Waals surface area contributed by atoms with Crippen LogP contribution in [-0.2, 0) is 16.1 Å². The van der Waals surface area contributed by atoms with Crippen molar-refractivity contribution in [1.29, 1.82) is 0 Å². The summed E-state index contributed by atoms with van der Waals surface area (Å²) in [4.78, 5) is 35.6. The molecule has 0 aromatic heterocycles. The number of nitrogens with one attached hydrogen (secondary N) is 2. The maximum Gasteiger partial charge on any atom is 0.228 e. The highest BCUT2D eigenvalue weighted by Gasteiger charge is 2.47. The number of hydrogen-bond acceptors (Lipinski definition) is 3. The molecule has 2 aromatic carbocycles. The second-order valence-electron chi connectivity index (χ2n) is 6.27. The molecule has 0 radical (unpaired) electrons. The molecule has 2 atom stereocenters. The second-order valence-corrected chi connectivity index (χ2v) is 6.27. The smallest absolute Gasteiger partial charge is 0.228 e. The highest BCUT2D eigenvalue weighted by Crippen LogP contribution is 2.39. The molecule has 0 saturated heterocycles. The van der Waals surface area contributed by atoms with Gasteiger partial charge in [-0.05, 0) is 43.2 Å². The molecule has 2 amide bonds. The molecule has 2 unspecified atom stereocenters. The Kier molecular flexibility index (Phi) is 4.93. The van der Waals surface area contributed by atoms with E-state index in [-0.39, 0.29) is 29.4 Å². The van der Waals surface area contributed by atoms with Crippen LogP contribution in [0.3, 0.4) is 0 Å². The zero-order chi connectivity index (χ0) is 17.8. The first kappa shape index (κ1) is 16.9. The van der Waals surface area contributed by atoms with Gasteiger partial charge in [-0.15, -0.1) is 0 Å². The maximum atomic E-state index is 12.2. The molecule has 0 aliphatic heterocycles. The Bertz CT molecular complexity index is 784. The van der Waals surface area contributed by atoms with Crippen molar-refractivity contribution in [2.75, 3.05) is 5.32 Å². The van der Waals surface area contributed by atoms with E-state index in [0.29, 0.717) is 24.2 Å². The van der Waals surface area contributed by atoms with E-state index < -0.39 is 0 Å². The lowest BCUT2D eigenvalue weighted by molar-refractivity contribution is -0.125. The van der Waals surface area contributed by atoms with Gasteiger partial charge < -0.3 is 10.6 Å². The summed E-state index contributed by atoms with van der Waals surface area (Å²) in [7, 11) is 0. The summed E-state index contributed by atoms with van der Waals surface area (Å²) in [5.41, 5.74) is 2.26. The first-order chi connectivity index (χ1) is 12.0. The van der Waals surface area contributed by atoms with Gasteiger partial charge in [-0.1, -0.05) is 30.3 Å². The van der Waals surface area contributed by atoms with Gasteiger partial charge in [0.1, 0.15) is 0 Å². The molecule has 25 heavy (non-hydrogen) atoms. The SMILES string of the molecule is CC(=O)c1ccc(NC(=O)C2CC2C(=O)NCc2ccccc2)cc1. The van der Waals surface area contributed by atoms with Crippen LogP contribution in [0.25, 0.3) is 0 Å². The van der Waals surface area contributed by atoms with Gasteiger partial charge in [0.2, 0.25) is 11.8 Å². The number of carbonyl (C=O) groups is 3. The molecule has 1 aliphatic rings. The molecule has 5 nitrogen and oxygen atoms in total. The van der Waals surface area contributed by atoms with E-state index in [1.807, 2.05) is 30.3 Å². The number of amides is 2. The van der Waals surface area contributed by atoms with Crippen LogP contribution in [0.1, 0.15) is 29.3 Å². The van der Waals surface area contributed by atoms with Gasteiger partial charge in [-0.2, -0.15) is 0 Å². The van der Waals surface area contributed by atoms with Crippen LogP contribution in [-0.4, -0.2) is 17.6 Å². The molecule has 2 aromatic rings. The lowest BCUT2D eigenvalue weighted by atomic mass is 10.1. The van der Waals surface area contributed by atoms with Gasteiger partial charge in [-0.3, -0.25) is 14.4 Å². The van der Waals surface area contributed by atoms with Crippen LogP contribution in [0.2, 0.25) is 0 Å². The van der Waals surface area contributed by atoms with E-state index in [1.54, 1.807) is 24.3 Å². The minimum atomic E-state index is -0.289. The van der Waals surface area contributed by atoms with Crippen molar-refractivity contribution >= 4 is 23.3 Å². The highest BCUT2D eigenvalue weighted by atomic mass is 16.2. The Balaban J connectivity index is 1.48. The first-order valence-electron chi connectivity index (χ1n) is 8.28. The third-order valence-corrected chi connectivity index (χ3v) is 4.33. The van der Waals surface area contributed by atoms with Crippen LogP contribution in [0.5, 0.6) is 0 Å². The molecule has 5 heteroatoms. The molecular formula is C20H20N2O3. The fourth-order valence-electron chi connectivity index (χ4n) is 2.71. The summed E-state index contributed by atoms with van der Waals surface area (Å²) >= 11 is 0. The first-order valence-corrected chi connectivity index (χ1v) is 8.28. The van der Waals surface area contributed by atoms with Crippen molar-refractivity contribution in [3.8, 4) is 0 Å². The second kappa shape index (κ2) is 7.30. The standard InChI is InChI=1S/C20H20N2O3/c1-13(23)15-7-9-16(10-8-15)22-20(25)18-11-17(18)19(24)21-12-14-5-3-2-4-6-14/h2-10,17-18H,11-12H2,1H3,(H,21,24)(H,22,25). The number of benzene rings is 2. The molecule has 1 fully saturated rings. The summed E-state index contributed by atoms with van der Waals surface area (Å²) in [5, 5.41) is 5.67. The minimum absolute atomic E-state index is 0.0183. The van der Waals surface area contributed by atoms with Crippen molar-refractivity contribution in [2.45, 2.75) is 19.9 Å². The summed E-state index contributed by atoms with van der Waals surface area (Å²) in [6, 6.07) is 16.4. The van der Waals surface area contributed by atoms with Gasteiger partial charge in [0, 0.05) is 17.8 Å². The van der Waals surface area contributed by atoms with E-state index >= 15 is 0 Å². The van der Waals surface area contributed by atoms with Crippen LogP contribution in [0.15, 0.2) is 54.6 Å². The van der Waals surface area contributed by atoms with Crippen molar-refractivity contribution in [2.24, 2.45) is 11.8 Å². The number of anilines is 1. The number of hydrogen-bond donors (Lipinski definition) is 2. The zero-order valence-corrected chi connectivity index (χ0v) is 14.0. The van der Waals surface area contributed by atoms with E-state index in [4.69, 9.17) is 0 Å². The van der Waals surface area contributed by atoms with Crippen LogP contribution in [0.4, 0.5) is 5.69 Å². The van der Waals surface area contributed by atoms with Gasteiger partial charge in [0.25, 0.3) is 0 Å². The van der Waals surface area contributed by atoms with Crippen molar-refractivity contribution in [3.05, 3.63) is 65.7 Å². The molecule has 0 heterocycles. The number of rotatable bonds is 6. The van der Waals surface area contributed by atoms with Gasteiger partial charge >= 0.3 is 0 Å². The predicted octanol–water partition coefficient (Wildman–Crippen LogP) is 2.78. The molecule has 1 saturated carbocycles. The van der Waals surface area contributed by atoms with Crippen molar-refractivity contribution < 1.29 is 14.4 Å². The molecule has 1 aliphatic carbocycles. The average Bonchev–Trinajstić information content (AvgIpc) is 3.42. The number of Topliss-reactive ketones (excluding diaryl/α,β-unsaturated/α-hetero) is 1. The summed E-state index contributed by atoms with van der Waals surface area (Å²) in [5.74, 6) is -0.815. The molecule has 0 spiro atoms.